The van der Waals surface area contributed by atoms with Crippen LogP contribution in [0.15, 0.2) is 36.5 Å². The van der Waals surface area contributed by atoms with Crippen LogP contribution in [-0.2, 0) is 16.3 Å². The molecule has 1 aliphatic rings. The number of para-hydroxylation sites is 1. The van der Waals surface area contributed by atoms with Crippen molar-refractivity contribution in [3.8, 4) is 0 Å². The Kier molecular flexibility index (Phi) is 3.93. The third-order valence-electron chi connectivity index (χ3n) is 3.84. The smallest absolute Gasteiger partial charge is 0.154 e. The van der Waals surface area contributed by atoms with E-state index in [2.05, 4.69) is 10.3 Å². The number of fused-ring (bicyclic) bond motifs is 1. The van der Waals surface area contributed by atoms with E-state index in [-0.39, 0.29) is 17.5 Å². The highest BCUT2D eigenvalue weighted by molar-refractivity contribution is 7.91. The minimum atomic E-state index is -3.10. The lowest BCUT2D eigenvalue weighted by Crippen LogP contribution is -2.39. The number of pyridine rings is 1. The van der Waals surface area contributed by atoms with Gasteiger partial charge in [-0.25, -0.2) is 8.42 Å². The van der Waals surface area contributed by atoms with E-state index in [0.29, 0.717) is 6.54 Å². The molecule has 1 saturated heterocycles. The number of sulfone groups is 1. The lowest BCUT2D eigenvalue weighted by atomic mass is 10.1. The van der Waals surface area contributed by atoms with Gasteiger partial charge >= 0.3 is 0 Å². The number of nitrogens with zero attached hydrogens (tertiary/aromatic N) is 1. The van der Waals surface area contributed by atoms with Gasteiger partial charge in [-0.15, -0.1) is 0 Å². The summed E-state index contributed by atoms with van der Waals surface area (Å²) < 4.78 is 22.9. The van der Waals surface area contributed by atoms with Crippen LogP contribution in [-0.4, -0.2) is 48.7 Å². The summed E-state index contributed by atoms with van der Waals surface area (Å²) >= 11 is 0. The summed E-state index contributed by atoms with van der Waals surface area (Å²) in [5, 5.41) is 14.0. The molecule has 3 rings (SSSR count). The Labute approximate surface area is 123 Å². The van der Waals surface area contributed by atoms with E-state index in [1.165, 1.54) is 0 Å². The van der Waals surface area contributed by atoms with Crippen molar-refractivity contribution in [3.63, 3.8) is 0 Å². The topological polar surface area (TPSA) is 79.3 Å². The molecule has 2 heterocycles. The van der Waals surface area contributed by atoms with Crippen LogP contribution in [0.2, 0.25) is 0 Å². The molecular weight excluding hydrogens is 288 g/mol. The zero-order valence-corrected chi connectivity index (χ0v) is 12.4. The van der Waals surface area contributed by atoms with Crippen LogP contribution in [0.3, 0.4) is 0 Å². The molecule has 2 atom stereocenters. The lowest BCUT2D eigenvalue weighted by molar-refractivity contribution is 0.166. The second kappa shape index (κ2) is 5.71. The van der Waals surface area contributed by atoms with Crippen molar-refractivity contribution in [2.45, 2.75) is 18.6 Å². The normalized spacial score (nSPS) is 24.4. The van der Waals surface area contributed by atoms with Gasteiger partial charge in [-0.3, -0.25) is 4.98 Å². The van der Waals surface area contributed by atoms with Crippen molar-refractivity contribution < 1.29 is 13.5 Å². The van der Waals surface area contributed by atoms with Gasteiger partial charge in [0.2, 0.25) is 0 Å². The number of aliphatic hydroxyl groups is 1. The molecule has 0 aliphatic carbocycles. The van der Waals surface area contributed by atoms with E-state index in [1.807, 2.05) is 30.3 Å². The van der Waals surface area contributed by atoms with Crippen molar-refractivity contribution in [1.82, 2.24) is 10.3 Å². The van der Waals surface area contributed by atoms with Gasteiger partial charge in [-0.05, 0) is 24.6 Å². The number of aromatic nitrogens is 1. The Balaban J connectivity index is 1.65. The largest absolute Gasteiger partial charge is 0.390 e. The summed E-state index contributed by atoms with van der Waals surface area (Å²) in [5.41, 5.74) is 2.09. The van der Waals surface area contributed by atoms with Crippen LogP contribution in [0, 0.1) is 0 Å². The second-order valence-electron chi connectivity index (χ2n) is 5.45. The monoisotopic (exact) mass is 306 g/mol. The molecule has 2 unspecified atom stereocenters. The predicted octanol–water partition coefficient (Wildman–Crippen LogP) is 0.525. The lowest BCUT2D eigenvalue weighted by Gasteiger charge is -2.15. The van der Waals surface area contributed by atoms with Crippen LogP contribution < -0.4 is 5.32 Å². The fourth-order valence-corrected chi connectivity index (χ4v) is 4.56. The van der Waals surface area contributed by atoms with Gasteiger partial charge in [-0.1, -0.05) is 24.3 Å². The van der Waals surface area contributed by atoms with Crippen molar-refractivity contribution in [2.24, 2.45) is 0 Å². The molecule has 5 nitrogen and oxygen atoms in total. The Hall–Kier alpha value is -1.50. The van der Waals surface area contributed by atoms with Crippen molar-refractivity contribution >= 4 is 20.7 Å². The highest BCUT2D eigenvalue weighted by Crippen LogP contribution is 2.17. The van der Waals surface area contributed by atoms with Crippen LogP contribution in [0.5, 0.6) is 0 Å². The van der Waals surface area contributed by atoms with Gasteiger partial charge in [0.05, 0.1) is 23.1 Å². The van der Waals surface area contributed by atoms with Crippen LogP contribution in [0.4, 0.5) is 0 Å². The average Bonchev–Trinajstić information content (AvgIpc) is 2.72. The first-order chi connectivity index (χ1) is 10.1. The highest BCUT2D eigenvalue weighted by Gasteiger charge is 2.35. The van der Waals surface area contributed by atoms with Crippen molar-refractivity contribution in [2.75, 3.05) is 18.1 Å². The standard InChI is InChI=1S/C15H18N2O3S/c18-14-10-21(19,20)9-13(14)16-8-6-12-4-1-3-11-5-2-7-17-15(11)12/h1-5,7,13-14,16,18H,6,8-10H2. The number of nitrogens with one attached hydrogen (secondary N) is 1. The Morgan fingerprint density at radius 1 is 1.24 bits per heavy atom. The summed E-state index contributed by atoms with van der Waals surface area (Å²) in [5.74, 6) is -0.123. The van der Waals surface area contributed by atoms with Gasteiger partial charge < -0.3 is 10.4 Å². The number of benzene rings is 1. The first kappa shape index (κ1) is 14.4. The zero-order valence-electron chi connectivity index (χ0n) is 11.6. The molecule has 0 bridgehead atoms. The quantitative estimate of drug-likeness (QED) is 0.861. The molecule has 0 radical (unpaired) electrons. The van der Waals surface area contributed by atoms with Gasteiger partial charge in [0.15, 0.2) is 9.84 Å². The molecule has 0 amide bonds. The SMILES string of the molecule is O=S1(=O)CC(O)C(NCCc2cccc3cccnc23)C1. The van der Waals surface area contributed by atoms with Crippen molar-refractivity contribution in [1.29, 1.82) is 0 Å². The fourth-order valence-electron chi connectivity index (χ4n) is 2.79. The fraction of sp³-hybridized carbons (Fsp3) is 0.400. The molecule has 0 spiro atoms. The molecule has 21 heavy (non-hydrogen) atoms. The van der Waals surface area contributed by atoms with Gasteiger partial charge in [0.1, 0.15) is 0 Å². The van der Waals surface area contributed by atoms with Gasteiger partial charge in [0, 0.05) is 17.6 Å². The maximum absolute atomic E-state index is 11.4. The Bertz CT molecular complexity index is 740. The molecule has 1 aromatic heterocycles. The molecule has 2 aromatic rings. The Morgan fingerprint density at radius 3 is 2.81 bits per heavy atom. The minimum Gasteiger partial charge on any atom is -0.390 e. The molecule has 112 valence electrons. The first-order valence-corrected chi connectivity index (χ1v) is 8.82. The summed E-state index contributed by atoms with van der Waals surface area (Å²) in [4.78, 5) is 4.40. The zero-order chi connectivity index (χ0) is 14.9. The first-order valence-electron chi connectivity index (χ1n) is 7.00. The number of hydrogen-bond acceptors (Lipinski definition) is 5. The summed E-state index contributed by atoms with van der Waals surface area (Å²) in [6, 6.07) is 9.61. The average molecular weight is 306 g/mol. The minimum absolute atomic E-state index is 0.0158. The summed E-state index contributed by atoms with van der Waals surface area (Å²) in [6.07, 6.45) is 1.71. The highest BCUT2D eigenvalue weighted by atomic mass is 32.2. The maximum atomic E-state index is 11.4. The van der Waals surface area contributed by atoms with E-state index < -0.39 is 15.9 Å². The molecule has 0 saturated carbocycles. The number of hydrogen-bond donors (Lipinski definition) is 2. The molecule has 1 aliphatic heterocycles. The summed E-state index contributed by atoms with van der Waals surface area (Å²) in [6.45, 7) is 0.618. The maximum Gasteiger partial charge on any atom is 0.154 e. The number of aliphatic hydroxyl groups excluding tert-OH is 1. The second-order valence-corrected chi connectivity index (χ2v) is 7.60. The molecule has 6 heteroatoms. The third-order valence-corrected chi connectivity index (χ3v) is 5.56. The molecule has 1 aromatic carbocycles. The van der Waals surface area contributed by atoms with Crippen LogP contribution in [0.25, 0.3) is 10.9 Å². The molecule has 1 fully saturated rings. The predicted molar refractivity (Wildman–Crippen MR) is 81.9 cm³/mol. The van der Waals surface area contributed by atoms with Gasteiger partial charge in [0.25, 0.3) is 0 Å². The summed E-state index contributed by atoms with van der Waals surface area (Å²) in [7, 11) is -3.10. The van der Waals surface area contributed by atoms with E-state index >= 15 is 0 Å². The Morgan fingerprint density at radius 2 is 2.05 bits per heavy atom. The van der Waals surface area contributed by atoms with Gasteiger partial charge in [-0.2, -0.15) is 0 Å². The van der Waals surface area contributed by atoms with E-state index in [1.54, 1.807) is 6.20 Å². The molecule has 2 N–H and O–H groups in total. The van der Waals surface area contributed by atoms with E-state index in [9.17, 15) is 13.5 Å². The van der Waals surface area contributed by atoms with Crippen LogP contribution in [0.1, 0.15) is 5.56 Å². The van der Waals surface area contributed by atoms with E-state index in [4.69, 9.17) is 0 Å². The third kappa shape index (κ3) is 3.23. The van der Waals surface area contributed by atoms with Crippen LogP contribution >= 0.6 is 0 Å². The van der Waals surface area contributed by atoms with Crippen molar-refractivity contribution in [3.05, 3.63) is 42.1 Å². The van der Waals surface area contributed by atoms with E-state index in [0.717, 1.165) is 22.9 Å². The number of rotatable bonds is 4. The molecular formula is C15H18N2O3S.